The van der Waals surface area contributed by atoms with E-state index in [-0.39, 0.29) is 30.5 Å². The number of thiazole rings is 1. The summed E-state index contributed by atoms with van der Waals surface area (Å²) in [6.07, 6.45) is 1.55. The topological polar surface area (TPSA) is 73.9 Å². The van der Waals surface area contributed by atoms with Crippen LogP contribution in [0.3, 0.4) is 0 Å². The average molecular weight is 464 g/mol. The van der Waals surface area contributed by atoms with E-state index in [0.29, 0.717) is 12.3 Å². The van der Waals surface area contributed by atoms with E-state index in [4.69, 9.17) is 4.42 Å². The van der Waals surface area contributed by atoms with Crippen LogP contribution in [0.1, 0.15) is 30.3 Å². The molecular weight excluding hydrogens is 439 g/mol. The first-order valence-corrected chi connectivity index (χ1v) is 8.47. The third kappa shape index (κ3) is 5.75. The Kier molecular flexibility index (Phi) is 8.17. The molecule has 2 rings (SSSR count). The largest absolute Gasteiger partial charge is 0.466 e. The minimum absolute atomic E-state index is 0. The fraction of sp³-hybridized carbons (Fsp3) is 0.500. The lowest BCUT2D eigenvalue weighted by Crippen LogP contribution is -2.39. The molecule has 2 heterocycles. The van der Waals surface area contributed by atoms with Crippen LogP contribution in [0.5, 0.6) is 0 Å². The molecule has 0 spiro atoms. The maximum absolute atomic E-state index is 10.5. The summed E-state index contributed by atoms with van der Waals surface area (Å²) in [6, 6.07) is 3.51. The SMILES string of the molecule is CCNC(=NCC(C)(O)c1ccco1)N(C)Cc1csc(C)n1.I. The van der Waals surface area contributed by atoms with Crippen LogP contribution in [0.25, 0.3) is 0 Å². The van der Waals surface area contributed by atoms with Gasteiger partial charge < -0.3 is 19.7 Å². The number of furan rings is 1. The number of aliphatic imine (C=N–C) groups is 1. The summed E-state index contributed by atoms with van der Waals surface area (Å²) in [7, 11) is 1.96. The molecule has 0 saturated carbocycles. The van der Waals surface area contributed by atoms with Gasteiger partial charge >= 0.3 is 0 Å². The Morgan fingerprint density at radius 3 is 2.83 bits per heavy atom. The summed E-state index contributed by atoms with van der Waals surface area (Å²) in [5.41, 5.74) is -0.124. The number of nitrogens with zero attached hydrogens (tertiary/aromatic N) is 3. The molecule has 2 N–H and O–H groups in total. The first-order chi connectivity index (χ1) is 10.9. The van der Waals surface area contributed by atoms with Gasteiger partial charge in [-0.3, -0.25) is 0 Å². The summed E-state index contributed by atoms with van der Waals surface area (Å²) >= 11 is 1.64. The lowest BCUT2D eigenvalue weighted by molar-refractivity contribution is 0.0435. The maximum Gasteiger partial charge on any atom is 0.194 e. The fourth-order valence-electron chi connectivity index (χ4n) is 2.16. The minimum atomic E-state index is -1.14. The van der Waals surface area contributed by atoms with E-state index >= 15 is 0 Å². The second kappa shape index (κ2) is 9.38. The van der Waals surface area contributed by atoms with Crippen LogP contribution in [-0.4, -0.2) is 41.1 Å². The van der Waals surface area contributed by atoms with E-state index in [1.807, 2.05) is 25.8 Å². The molecule has 0 amide bonds. The van der Waals surface area contributed by atoms with Crippen molar-refractivity contribution < 1.29 is 9.52 Å². The van der Waals surface area contributed by atoms with Crippen molar-refractivity contribution in [1.82, 2.24) is 15.2 Å². The Balaban J connectivity index is 0.00000288. The van der Waals surface area contributed by atoms with Crippen LogP contribution in [-0.2, 0) is 12.1 Å². The molecule has 2 aromatic heterocycles. The zero-order chi connectivity index (χ0) is 16.9. The highest BCUT2D eigenvalue weighted by atomic mass is 127. The Morgan fingerprint density at radius 2 is 2.29 bits per heavy atom. The van der Waals surface area contributed by atoms with Crippen molar-refractivity contribution in [3.05, 3.63) is 40.2 Å². The van der Waals surface area contributed by atoms with Gasteiger partial charge in [-0.25, -0.2) is 9.98 Å². The Hall–Kier alpha value is -1.13. The van der Waals surface area contributed by atoms with E-state index < -0.39 is 5.60 Å². The summed E-state index contributed by atoms with van der Waals surface area (Å²) in [6.45, 7) is 7.34. The van der Waals surface area contributed by atoms with Gasteiger partial charge in [-0.15, -0.1) is 35.3 Å². The molecule has 1 atom stereocenters. The third-order valence-corrected chi connectivity index (χ3v) is 4.17. The smallest absolute Gasteiger partial charge is 0.194 e. The first-order valence-electron chi connectivity index (χ1n) is 7.59. The molecule has 2 aromatic rings. The van der Waals surface area contributed by atoms with E-state index in [1.165, 1.54) is 0 Å². The number of rotatable bonds is 6. The lowest BCUT2D eigenvalue weighted by atomic mass is 10.0. The Labute approximate surface area is 164 Å². The number of halogens is 1. The molecule has 1 unspecified atom stereocenters. The summed E-state index contributed by atoms with van der Waals surface area (Å²) in [5, 5.41) is 16.8. The van der Waals surface area contributed by atoms with Crippen LogP contribution in [0, 0.1) is 6.92 Å². The van der Waals surface area contributed by atoms with Crippen LogP contribution in [0.2, 0.25) is 0 Å². The molecule has 0 aliphatic rings. The molecular formula is C16H25IN4O2S. The third-order valence-electron chi connectivity index (χ3n) is 3.35. The maximum atomic E-state index is 10.5. The molecule has 0 fully saturated rings. The van der Waals surface area contributed by atoms with Crippen molar-refractivity contribution in [2.24, 2.45) is 4.99 Å². The summed E-state index contributed by atoms with van der Waals surface area (Å²) < 4.78 is 5.29. The Bertz CT molecular complexity index is 640. The first kappa shape index (κ1) is 20.9. The second-order valence-corrected chi connectivity index (χ2v) is 6.70. The minimum Gasteiger partial charge on any atom is -0.466 e. The van der Waals surface area contributed by atoms with Crippen LogP contribution in [0.4, 0.5) is 0 Å². The van der Waals surface area contributed by atoms with Gasteiger partial charge in [0.15, 0.2) is 5.96 Å². The van der Waals surface area contributed by atoms with Crippen molar-refractivity contribution in [3.8, 4) is 0 Å². The van der Waals surface area contributed by atoms with Gasteiger partial charge in [0.1, 0.15) is 11.4 Å². The molecule has 8 heteroatoms. The van der Waals surface area contributed by atoms with Crippen LogP contribution in [0.15, 0.2) is 33.2 Å². The lowest BCUT2D eigenvalue weighted by Gasteiger charge is -2.24. The fourth-order valence-corrected chi connectivity index (χ4v) is 2.76. The van der Waals surface area contributed by atoms with E-state index in [2.05, 4.69) is 20.7 Å². The van der Waals surface area contributed by atoms with Gasteiger partial charge in [0, 0.05) is 19.0 Å². The number of aromatic nitrogens is 1. The molecule has 6 nitrogen and oxygen atoms in total. The number of hydrogen-bond donors (Lipinski definition) is 2. The van der Waals surface area contributed by atoms with Crippen molar-refractivity contribution in [3.63, 3.8) is 0 Å². The highest BCUT2D eigenvalue weighted by Gasteiger charge is 2.26. The monoisotopic (exact) mass is 464 g/mol. The highest BCUT2D eigenvalue weighted by molar-refractivity contribution is 14.0. The molecule has 0 bridgehead atoms. The van der Waals surface area contributed by atoms with E-state index in [1.54, 1.807) is 36.7 Å². The zero-order valence-corrected chi connectivity index (χ0v) is 17.6. The van der Waals surface area contributed by atoms with Gasteiger partial charge in [0.2, 0.25) is 0 Å². The average Bonchev–Trinajstić information content (AvgIpc) is 3.15. The van der Waals surface area contributed by atoms with Crippen molar-refractivity contribution in [2.45, 2.75) is 32.9 Å². The quantitative estimate of drug-likeness (QED) is 0.391. The number of aryl methyl sites for hydroxylation is 1. The number of guanidine groups is 1. The zero-order valence-electron chi connectivity index (χ0n) is 14.4. The highest BCUT2D eigenvalue weighted by Crippen LogP contribution is 2.21. The summed E-state index contributed by atoms with van der Waals surface area (Å²) in [4.78, 5) is 11.0. The van der Waals surface area contributed by atoms with E-state index in [9.17, 15) is 5.11 Å². The van der Waals surface area contributed by atoms with E-state index in [0.717, 1.165) is 23.2 Å². The normalized spacial score (nSPS) is 14.0. The van der Waals surface area contributed by atoms with Gasteiger partial charge in [0.25, 0.3) is 0 Å². The summed E-state index contributed by atoms with van der Waals surface area (Å²) in [5.74, 6) is 1.24. The molecule has 0 aliphatic carbocycles. The van der Waals surface area contributed by atoms with Crippen molar-refractivity contribution in [2.75, 3.05) is 20.1 Å². The predicted octanol–water partition coefficient (Wildman–Crippen LogP) is 2.97. The van der Waals surface area contributed by atoms with Gasteiger partial charge in [-0.05, 0) is 32.9 Å². The second-order valence-electron chi connectivity index (χ2n) is 5.64. The van der Waals surface area contributed by atoms with Gasteiger partial charge in [-0.2, -0.15) is 0 Å². The molecule has 0 saturated heterocycles. The number of nitrogens with one attached hydrogen (secondary N) is 1. The number of aliphatic hydroxyl groups is 1. The van der Waals surface area contributed by atoms with Gasteiger partial charge in [0.05, 0.1) is 30.1 Å². The molecule has 24 heavy (non-hydrogen) atoms. The van der Waals surface area contributed by atoms with Gasteiger partial charge in [-0.1, -0.05) is 0 Å². The molecule has 0 radical (unpaired) electrons. The molecule has 0 aromatic carbocycles. The molecule has 0 aliphatic heterocycles. The van der Waals surface area contributed by atoms with Crippen LogP contribution < -0.4 is 5.32 Å². The number of hydrogen-bond acceptors (Lipinski definition) is 5. The Morgan fingerprint density at radius 1 is 1.54 bits per heavy atom. The predicted molar refractivity (Wildman–Crippen MR) is 108 cm³/mol. The van der Waals surface area contributed by atoms with Crippen LogP contribution >= 0.6 is 35.3 Å². The molecule has 134 valence electrons. The standard InChI is InChI=1S/C16H24N4O2S.HI/c1-5-17-15(20(4)9-13-10-23-12(2)19-13)18-11-16(3,21)14-7-6-8-22-14;/h6-8,10,21H,5,9,11H2,1-4H3,(H,17,18);1H. The van der Waals surface area contributed by atoms with Crippen molar-refractivity contribution in [1.29, 1.82) is 0 Å². The van der Waals surface area contributed by atoms with Crippen molar-refractivity contribution >= 4 is 41.3 Å².